The quantitative estimate of drug-likeness (QED) is 0.225. The lowest BCUT2D eigenvalue weighted by Crippen LogP contribution is -2.14. The average molecular weight is 448 g/mol. The first-order chi connectivity index (χ1) is 16.0. The normalized spacial score (nSPS) is 11.0. The van der Waals surface area contributed by atoms with Gasteiger partial charge in [-0.3, -0.25) is 14.7 Å². The second kappa shape index (κ2) is 9.79. The van der Waals surface area contributed by atoms with E-state index >= 15 is 0 Å². The first-order valence-electron chi connectivity index (χ1n) is 9.78. The number of nitrogens with zero attached hydrogens (tertiary/aromatic N) is 4. The van der Waals surface area contributed by atoms with Crippen LogP contribution >= 0.6 is 0 Å². The van der Waals surface area contributed by atoms with Crippen LogP contribution in [0.1, 0.15) is 11.1 Å². The third-order valence-electron chi connectivity index (χ3n) is 4.56. The van der Waals surface area contributed by atoms with Gasteiger partial charge in [-0.05, 0) is 35.4 Å². The Balaban J connectivity index is 1.42. The van der Waals surface area contributed by atoms with Crippen molar-refractivity contribution in [1.82, 2.24) is 25.2 Å². The van der Waals surface area contributed by atoms with Gasteiger partial charge in [0.15, 0.2) is 0 Å². The van der Waals surface area contributed by atoms with Crippen LogP contribution in [0.25, 0.3) is 17.3 Å². The van der Waals surface area contributed by atoms with Crippen molar-refractivity contribution in [3.05, 3.63) is 96.0 Å². The van der Waals surface area contributed by atoms with Crippen LogP contribution in [0.4, 0.5) is 20.4 Å². The van der Waals surface area contributed by atoms with Gasteiger partial charge >= 0.3 is 0 Å². The summed E-state index contributed by atoms with van der Waals surface area (Å²) in [5.74, 6) is -1.70. The zero-order chi connectivity index (χ0) is 23.2. The van der Waals surface area contributed by atoms with Gasteiger partial charge in [0.2, 0.25) is 5.95 Å². The van der Waals surface area contributed by atoms with Gasteiger partial charge in [0.1, 0.15) is 11.6 Å². The standard InChI is InChI=1S/C23H18F2N6O2/c24-18-9-17(10-19(25)11-18)21-7-8-26-23(29-21)28-20-12-27-31(14-20)13-16-3-1-15(2-4-16)5-6-22(32)30-33/h1-12,14,33H,13H2,(H,30,32)(H,26,28,29). The highest BCUT2D eigenvalue weighted by atomic mass is 19.1. The summed E-state index contributed by atoms with van der Waals surface area (Å²) in [6.07, 6.45) is 7.69. The van der Waals surface area contributed by atoms with Gasteiger partial charge < -0.3 is 5.32 Å². The summed E-state index contributed by atoms with van der Waals surface area (Å²) in [6, 6.07) is 12.3. The molecular weight excluding hydrogens is 430 g/mol. The molecule has 0 aliphatic heterocycles. The highest BCUT2D eigenvalue weighted by Gasteiger charge is 2.08. The van der Waals surface area contributed by atoms with Gasteiger partial charge in [0, 0.05) is 30.1 Å². The molecule has 0 saturated heterocycles. The summed E-state index contributed by atoms with van der Waals surface area (Å²) in [6.45, 7) is 0.506. The summed E-state index contributed by atoms with van der Waals surface area (Å²) >= 11 is 0. The zero-order valence-corrected chi connectivity index (χ0v) is 17.1. The summed E-state index contributed by atoms with van der Waals surface area (Å²) in [4.78, 5) is 19.5. The van der Waals surface area contributed by atoms with Crippen LogP contribution < -0.4 is 10.8 Å². The number of carbonyl (C=O) groups is 1. The topological polar surface area (TPSA) is 105 Å². The molecule has 0 aliphatic rings. The predicted octanol–water partition coefficient (Wildman–Crippen LogP) is 3.93. The number of carbonyl (C=O) groups excluding carboxylic acids is 1. The van der Waals surface area contributed by atoms with Crippen LogP contribution in [0.2, 0.25) is 0 Å². The van der Waals surface area contributed by atoms with E-state index in [-0.39, 0.29) is 5.95 Å². The van der Waals surface area contributed by atoms with Crippen LogP contribution in [0, 0.1) is 11.6 Å². The van der Waals surface area contributed by atoms with E-state index in [1.165, 1.54) is 29.9 Å². The molecule has 1 amide bonds. The van der Waals surface area contributed by atoms with Crippen LogP contribution in [0.5, 0.6) is 0 Å². The number of hydroxylamine groups is 1. The van der Waals surface area contributed by atoms with Crippen molar-refractivity contribution in [2.75, 3.05) is 5.32 Å². The van der Waals surface area contributed by atoms with Gasteiger partial charge in [-0.25, -0.2) is 24.2 Å². The molecule has 0 radical (unpaired) electrons. The second-order valence-electron chi connectivity index (χ2n) is 7.03. The molecule has 2 aromatic heterocycles. The van der Waals surface area contributed by atoms with Gasteiger partial charge in [-0.2, -0.15) is 5.10 Å². The Morgan fingerprint density at radius 3 is 2.58 bits per heavy atom. The lowest BCUT2D eigenvalue weighted by molar-refractivity contribution is -0.124. The van der Waals surface area contributed by atoms with Crippen molar-refractivity contribution in [2.45, 2.75) is 6.54 Å². The van der Waals surface area contributed by atoms with Crippen molar-refractivity contribution in [2.24, 2.45) is 0 Å². The van der Waals surface area contributed by atoms with E-state index in [4.69, 9.17) is 5.21 Å². The molecule has 10 heteroatoms. The molecule has 0 fully saturated rings. The lowest BCUT2D eigenvalue weighted by atomic mass is 10.1. The molecule has 33 heavy (non-hydrogen) atoms. The highest BCUT2D eigenvalue weighted by Crippen LogP contribution is 2.21. The number of amides is 1. The van der Waals surface area contributed by atoms with Crippen molar-refractivity contribution in [1.29, 1.82) is 0 Å². The monoisotopic (exact) mass is 448 g/mol. The molecule has 0 atom stereocenters. The fourth-order valence-corrected chi connectivity index (χ4v) is 3.06. The third kappa shape index (κ3) is 5.83. The van der Waals surface area contributed by atoms with E-state index in [0.29, 0.717) is 23.5 Å². The average Bonchev–Trinajstić information content (AvgIpc) is 3.24. The maximum atomic E-state index is 13.5. The van der Waals surface area contributed by atoms with Crippen molar-refractivity contribution >= 4 is 23.6 Å². The minimum atomic E-state index is -0.681. The first kappa shape index (κ1) is 21.8. The molecule has 2 aromatic carbocycles. The molecule has 0 bridgehead atoms. The number of anilines is 2. The molecule has 3 N–H and O–H groups in total. The second-order valence-corrected chi connectivity index (χ2v) is 7.03. The number of hydrogen-bond acceptors (Lipinski definition) is 6. The molecule has 4 aromatic rings. The predicted molar refractivity (Wildman–Crippen MR) is 117 cm³/mol. The minimum Gasteiger partial charge on any atom is -0.321 e. The van der Waals surface area contributed by atoms with E-state index < -0.39 is 17.5 Å². The largest absolute Gasteiger partial charge is 0.321 e. The van der Waals surface area contributed by atoms with Crippen LogP contribution in [-0.2, 0) is 11.3 Å². The zero-order valence-electron chi connectivity index (χ0n) is 17.1. The van der Waals surface area contributed by atoms with Crippen molar-refractivity contribution < 1.29 is 18.8 Å². The maximum Gasteiger partial charge on any atom is 0.267 e. The molecular formula is C23H18F2N6O2. The fourth-order valence-electron chi connectivity index (χ4n) is 3.06. The summed E-state index contributed by atoms with van der Waals surface area (Å²) in [5.41, 5.74) is 4.66. The molecule has 0 spiro atoms. The maximum absolute atomic E-state index is 13.5. The van der Waals surface area contributed by atoms with Gasteiger partial charge in [-0.1, -0.05) is 24.3 Å². The highest BCUT2D eigenvalue weighted by molar-refractivity contribution is 5.90. The first-order valence-corrected chi connectivity index (χ1v) is 9.78. The van der Waals surface area contributed by atoms with Crippen LogP contribution in [0.3, 0.4) is 0 Å². The molecule has 0 saturated carbocycles. The Bertz CT molecular complexity index is 1280. The lowest BCUT2D eigenvalue weighted by Gasteiger charge is -2.06. The number of aromatic nitrogens is 4. The van der Waals surface area contributed by atoms with Crippen molar-refractivity contribution in [3.63, 3.8) is 0 Å². The smallest absolute Gasteiger partial charge is 0.267 e. The van der Waals surface area contributed by atoms with Gasteiger partial charge in [0.05, 0.1) is 24.1 Å². The Morgan fingerprint density at radius 1 is 1.09 bits per heavy atom. The van der Waals surface area contributed by atoms with Crippen LogP contribution in [0.15, 0.2) is 73.2 Å². The molecule has 4 rings (SSSR count). The SMILES string of the molecule is O=C(C=Cc1ccc(Cn2cc(Nc3nccc(-c4cc(F)cc(F)c4)n3)cn2)cc1)NO. The number of rotatable bonds is 7. The Morgan fingerprint density at radius 2 is 1.85 bits per heavy atom. The van der Waals surface area contributed by atoms with Crippen molar-refractivity contribution in [3.8, 4) is 11.3 Å². The fraction of sp³-hybridized carbons (Fsp3) is 0.0435. The van der Waals surface area contributed by atoms with E-state index in [2.05, 4.69) is 20.4 Å². The number of benzene rings is 2. The van der Waals surface area contributed by atoms with E-state index in [0.717, 1.165) is 17.2 Å². The Kier molecular flexibility index (Phi) is 6.46. The van der Waals surface area contributed by atoms with E-state index in [1.54, 1.807) is 29.2 Å². The van der Waals surface area contributed by atoms with Gasteiger partial charge in [0.25, 0.3) is 5.91 Å². The van der Waals surface area contributed by atoms with E-state index in [9.17, 15) is 13.6 Å². The molecule has 0 unspecified atom stereocenters. The number of nitrogens with one attached hydrogen (secondary N) is 2. The summed E-state index contributed by atoms with van der Waals surface area (Å²) in [7, 11) is 0. The summed E-state index contributed by atoms with van der Waals surface area (Å²) in [5, 5.41) is 15.8. The Hall–Kier alpha value is -4.44. The Labute approximate surface area is 187 Å². The minimum absolute atomic E-state index is 0.264. The molecule has 0 aliphatic carbocycles. The summed E-state index contributed by atoms with van der Waals surface area (Å²) < 4.78 is 28.7. The van der Waals surface area contributed by atoms with Gasteiger partial charge in [-0.15, -0.1) is 0 Å². The molecule has 166 valence electrons. The van der Waals surface area contributed by atoms with E-state index in [1.807, 2.05) is 24.3 Å². The van der Waals surface area contributed by atoms with Crippen LogP contribution in [-0.4, -0.2) is 30.9 Å². The number of hydrogen-bond donors (Lipinski definition) is 3. The molecule has 2 heterocycles. The number of halogens is 2. The molecule has 8 nitrogen and oxygen atoms in total. The third-order valence-corrected chi connectivity index (χ3v) is 4.56.